The minimum atomic E-state index is 0.504. The highest BCUT2D eigenvalue weighted by molar-refractivity contribution is 5.43. The van der Waals surface area contributed by atoms with E-state index in [4.69, 9.17) is 4.74 Å². The highest BCUT2D eigenvalue weighted by atomic mass is 16.5. The van der Waals surface area contributed by atoms with E-state index >= 15 is 0 Å². The van der Waals surface area contributed by atoms with Crippen molar-refractivity contribution in [2.75, 3.05) is 13.7 Å². The van der Waals surface area contributed by atoms with Crippen molar-refractivity contribution in [1.29, 1.82) is 0 Å². The Morgan fingerprint density at radius 3 is 3.00 bits per heavy atom. The summed E-state index contributed by atoms with van der Waals surface area (Å²) in [4.78, 5) is 0. The molecule has 0 spiro atoms. The molecule has 0 aliphatic carbocycles. The van der Waals surface area contributed by atoms with Crippen molar-refractivity contribution in [1.82, 2.24) is 5.32 Å². The molecule has 0 radical (unpaired) electrons. The van der Waals surface area contributed by atoms with E-state index in [-0.39, 0.29) is 0 Å². The Bertz CT molecular complexity index is 375. The summed E-state index contributed by atoms with van der Waals surface area (Å²) < 4.78 is 5.46. The first-order valence-electron chi connectivity index (χ1n) is 6.65. The van der Waals surface area contributed by atoms with Crippen molar-refractivity contribution in [2.24, 2.45) is 5.92 Å². The molecule has 2 heteroatoms. The number of rotatable bonds is 4. The molecule has 0 fully saturated rings. The fourth-order valence-corrected chi connectivity index (χ4v) is 2.63. The number of ether oxygens (including phenoxy) is 1. The van der Waals surface area contributed by atoms with Crippen LogP contribution in [0.15, 0.2) is 18.2 Å². The van der Waals surface area contributed by atoms with Crippen LogP contribution in [0.2, 0.25) is 0 Å². The van der Waals surface area contributed by atoms with Crippen molar-refractivity contribution in [3.63, 3.8) is 0 Å². The molecule has 2 unspecified atom stereocenters. The second-order valence-corrected chi connectivity index (χ2v) is 5.03. The lowest BCUT2D eigenvalue weighted by atomic mass is 9.87. The lowest BCUT2D eigenvalue weighted by Crippen LogP contribution is -2.31. The molecule has 1 aliphatic rings. The van der Waals surface area contributed by atoms with Crippen molar-refractivity contribution in [2.45, 2.75) is 39.2 Å². The first kappa shape index (κ1) is 12.4. The van der Waals surface area contributed by atoms with Crippen molar-refractivity contribution in [3.8, 4) is 5.75 Å². The molecule has 2 rings (SSSR count). The fraction of sp³-hybridized carbons (Fsp3) is 0.600. The van der Waals surface area contributed by atoms with Gasteiger partial charge in [0.15, 0.2) is 0 Å². The molecule has 0 saturated carbocycles. The van der Waals surface area contributed by atoms with Gasteiger partial charge in [-0.3, -0.25) is 0 Å². The average Bonchev–Trinajstić information content (AvgIpc) is 2.38. The summed E-state index contributed by atoms with van der Waals surface area (Å²) >= 11 is 0. The topological polar surface area (TPSA) is 21.3 Å². The summed E-state index contributed by atoms with van der Waals surface area (Å²) in [5.74, 6) is 1.82. The first-order valence-corrected chi connectivity index (χ1v) is 6.65. The maximum absolute atomic E-state index is 5.46. The average molecular weight is 233 g/mol. The molecule has 0 aromatic heterocycles. The SMILES string of the molecule is CCC(C)CC1NCCc2c(OC)cccc21. The Balaban J connectivity index is 2.25. The minimum Gasteiger partial charge on any atom is -0.496 e. The third-order valence-electron chi connectivity index (χ3n) is 3.87. The van der Waals surface area contributed by atoms with Crippen LogP contribution in [0.3, 0.4) is 0 Å². The molecule has 94 valence electrons. The van der Waals surface area contributed by atoms with Gasteiger partial charge in [-0.15, -0.1) is 0 Å². The second kappa shape index (κ2) is 5.54. The summed E-state index contributed by atoms with van der Waals surface area (Å²) in [6.45, 7) is 5.66. The lowest BCUT2D eigenvalue weighted by molar-refractivity contribution is 0.373. The van der Waals surface area contributed by atoms with Crippen LogP contribution in [0.1, 0.15) is 43.9 Å². The van der Waals surface area contributed by atoms with E-state index in [9.17, 15) is 0 Å². The largest absolute Gasteiger partial charge is 0.496 e. The molecule has 1 aromatic rings. The summed E-state index contributed by atoms with van der Waals surface area (Å²) in [5, 5.41) is 3.64. The number of fused-ring (bicyclic) bond motifs is 1. The van der Waals surface area contributed by atoms with Crippen LogP contribution in [0.4, 0.5) is 0 Å². The highest BCUT2D eigenvalue weighted by Crippen LogP contribution is 2.33. The third kappa shape index (κ3) is 2.63. The molecular formula is C15H23NO. The van der Waals surface area contributed by atoms with Gasteiger partial charge in [0.25, 0.3) is 0 Å². The molecule has 1 heterocycles. The Hall–Kier alpha value is -1.02. The second-order valence-electron chi connectivity index (χ2n) is 5.03. The summed E-state index contributed by atoms with van der Waals surface area (Å²) in [7, 11) is 1.77. The molecule has 0 amide bonds. The molecule has 1 aliphatic heterocycles. The summed E-state index contributed by atoms with van der Waals surface area (Å²) in [6.07, 6.45) is 3.55. The predicted octanol–water partition coefficient (Wildman–Crippen LogP) is 3.32. The number of benzene rings is 1. The van der Waals surface area contributed by atoms with Crippen LogP contribution < -0.4 is 10.1 Å². The Morgan fingerprint density at radius 1 is 1.47 bits per heavy atom. The standard InChI is InChI=1S/C15H23NO/c1-4-11(2)10-14-12-6-5-7-15(17-3)13(12)8-9-16-14/h5-7,11,14,16H,4,8-10H2,1-3H3. The van der Waals surface area contributed by atoms with E-state index < -0.39 is 0 Å². The van der Waals surface area contributed by atoms with Crippen LogP contribution >= 0.6 is 0 Å². The third-order valence-corrected chi connectivity index (χ3v) is 3.87. The lowest BCUT2D eigenvalue weighted by Gasteiger charge is -2.29. The van der Waals surface area contributed by atoms with Crippen LogP contribution in [0.25, 0.3) is 0 Å². The van der Waals surface area contributed by atoms with Gasteiger partial charge < -0.3 is 10.1 Å². The molecule has 0 saturated heterocycles. The van der Waals surface area contributed by atoms with E-state index in [0.717, 1.165) is 24.6 Å². The van der Waals surface area contributed by atoms with Gasteiger partial charge in [0.05, 0.1) is 7.11 Å². The van der Waals surface area contributed by atoms with E-state index in [1.165, 1.54) is 24.0 Å². The van der Waals surface area contributed by atoms with Gasteiger partial charge >= 0.3 is 0 Å². The van der Waals surface area contributed by atoms with Crippen molar-refractivity contribution >= 4 is 0 Å². The maximum atomic E-state index is 5.46. The van der Waals surface area contributed by atoms with Crippen LogP contribution in [0.5, 0.6) is 5.75 Å². The highest BCUT2D eigenvalue weighted by Gasteiger charge is 2.23. The van der Waals surface area contributed by atoms with Gasteiger partial charge in [-0.1, -0.05) is 32.4 Å². The summed E-state index contributed by atoms with van der Waals surface area (Å²) in [5.41, 5.74) is 2.85. The molecule has 2 nitrogen and oxygen atoms in total. The zero-order valence-electron chi connectivity index (χ0n) is 11.1. The Morgan fingerprint density at radius 2 is 2.29 bits per heavy atom. The van der Waals surface area contributed by atoms with E-state index in [0.29, 0.717) is 6.04 Å². The van der Waals surface area contributed by atoms with Gasteiger partial charge in [-0.2, -0.15) is 0 Å². The smallest absolute Gasteiger partial charge is 0.122 e. The van der Waals surface area contributed by atoms with Gasteiger partial charge in [0.2, 0.25) is 0 Å². The van der Waals surface area contributed by atoms with Crippen LogP contribution in [-0.2, 0) is 6.42 Å². The van der Waals surface area contributed by atoms with E-state index in [2.05, 4.69) is 37.4 Å². The van der Waals surface area contributed by atoms with Crippen LogP contribution in [0, 0.1) is 5.92 Å². The zero-order chi connectivity index (χ0) is 12.3. The molecule has 17 heavy (non-hydrogen) atoms. The van der Waals surface area contributed by atoms with Gasteiger partial charge in [-0.05, 0) is 36.9 Å². The van der Waals surface area contributed by atoms with Crippen LogP contribution in [-0.4, -0.2) is 13.7 Å². The van der Waals surface area contributed by atoms with Gasteiger partial charge in [0, 0.05) is 11.6 Å². The van der Waals surface area contributed by atoms with Gasteiger partial charge in [0.1, 0.15) is 5.75 Å². The maximum Gasteiger partial charge on any atom is 0.122 e. The Kier molecular flexibility index (Phi) is 4.06. The predicted molar refractivity (Wildman–Crippen MR) is 71.5 cm³/mol. The number of hydrogen-bond acceptors (Lipinski definition) is 2. The van der Waals surface area contributed by atoms with Gasteiger partial charge in [-0.25, -0.2) is 0 Å². The Labute approximate surface area is 104 Å². The number of hydrogen-bond donors (Lipinski definition) is 1. The molecular weight excluding hydrogens is 210 g/mol. The monoisotopic (exact) mass is 233 g/mol. The quantitative estimate of drug-likeness (QED) is 0.861. The number of nitrogens with one attached hydrogen (secondary N) is 1. The fourth-order valence-electron chi connectivity index (χ4n) is 2.63. The first-order chi connectivity index (χ1) is 8.26. The van der Waals surface area contributed by atoms with E-state index in [1.807, 2.05) is 0 Å². The zero-order valence-corrected chi connectivity index (χ0v) is 11.1. The summed E-state index contributed by atoms with van der Waals surface area (Å²) in [6, 6.07) is 6.93. The number of methoxy groups -OCH3 is 1. The van der Waals surface area contributed by atoms with Crippen molar-refractivity contribution < 1.29 is 4.74 Å². The normalized spacial score (nSPS) is 20.8. The van der Waals surface area contributed by atoms with E-state index in [1.54, 1.807) is 7.11 Å². The molecule has 0 bridgehead atoms. The minimum absolute atomic E-state index is 0.504. The molecule has 1 N–H and O–H groups in total. The van der Waals surface area contributed by atoms with Crippen molar-refractivity contribution in [3.05, 3.63) is 29.3 Å². The molecule has 1 aromatic carbocycles. The molecule has 2 atom stereocenters.